The first kappa shape index (κ1) is 20.1. The Morgan fingerprint density at radius 1 is 1.25 bits per heavy atom. The van der Waals surface area contributed by atoms with Gasteiger partial charge in [-0.1, -0.05) is 34.1 Å². The fourth-order valence-electron chi connectivity index (χ4n) is 3.00. The number of amides is 1. The molecule has 1 N–H and O–H groups in total. The van der Waals surface area contributed by atoms with E-state index in [2.05, 4.69) is 26.3 Å². The summed E-state index contributed by atoms with van der Waals surface area (Å²) in [4.78, 5) is 12.7. The summed E-state index contributed by atoms with van der Waals surface area (Å²) in [6, 6.07) is 15.1. The average molecular weight is 442 g/mol. The molecule has 1 unspecified atom stereocenters. The molecule has 28 heavy (non-hydrogen) atoms. The molecule has 1 atom stereocenters. The van der Waals surface area contributed by atoms with E-state index in [-0.39, 0.29) is 11.9 Å². The molecule has 3 aromatic rings. The van der Waals surface area contributed by atoms with Gasteiger partial charge in [-0.05, 0) is 56.7 Å². The Hall–Kier alpha value is -2.60. The van der Waals surface area contributed by atoms with Crippen molar-refractivity contribution in [3.8, 4) is 5.75 Å². The van der Waals surface area contributed by atoms with Crippen LogP contribution in [0.2, 0.25) is 0 Å². The molecule has 1 heterocycles. The van der Waals surface area contributed by atoms with Crippen molar-refractivity contribution < 1.29 is 9.53 Å². The number of hydrogen-bond donors (Lipinski definition) is 1. The Bertz CT molecular complexity index is 968. The fraction of sp³-hybridized carbons (Fsp3) is 0.273. The van der Waals surface area contributed by atoms with Crippen molar-refractivity contribution in [1.82, 2.24) is 15.1 Å². The van der Waals surface area contributed by atoms with Gasteiger partial charge in [0.2, 0.25) is 0 Å². The van der Waals surface area contributed by atoms with E-state index in [1.807, 2.05) is 80.2 Å². The van der Waals surface area contributed by atoms with Crippen LogP contribution in [0, 0.1) is 6.92 Å². The van der Waals surface area contributed by atoms with E-state index in [1.54, 1.807) is 0 Å². The van der Waals surface area contributed by atoms with E-state index in [4.69, 9.17) is 4.74 Å². The topological polar surface area (TPSA) is 56.2 Å². The van der Waals surface area contributed by atoms with Crippen molar-refractivity contribution in [2.45, 2.75) is 40.0 Å². The van der Waals surface area contributed by atoms with Crippen LogP contribution >= 0.6 is 15.9 Å². The van der Waals surface area contributed by atoms with Crippen molar-refractivity contribution in [3.63, 3.8) is 0 Å². The van der Waals surface area contributed by atoms with Crippen LogP contribution in [-0.2, 0) is 13.2 Å². The zero-order valence-electron chi connectivity index (χ0n) is 16.3. The van der Waals surface area contributed by atoms with Crippen LogP contribution in [-0.4, -0.2) is 15.7 Å². The first-order valence-electron chi connectivity index (χ1n) is 9.28. The van der Waals surface area contributed by atoms with E-state index in [0.717, 1.165) is 33.6 Å². The number of aromatic nitrogens is 2. The van der Waals surface area contributed by atoms with Crippen LogP contribution < -0.4 is 10.1 Å². The Kier molecular flexibility index (Phi) is 6.52. The number of nitrogens with one attached hydrogen (secondary N) is 1. The second-order valence-electron chi connectivity index (χ2n) is 6.67. The summed E-state index contributed by atoms with van der Waals surface area (Å²) >= 11 is 3.43. The molecule has 0 aliphatic rings. The zero-order valence-corrected chi connectivity index (χ0v) is 17.9. The van der Waals surface area contributed by atoms with E-state index in [1.165, 1.54) is 0 Å². The van der Waals surface area contributed by atoms with Gasteiger partial charge in [0.1, 0.15) is 12.4 Å². The molecule has 6 heteroatoms. The summed E-state index contributed by atoms with van der Waals surface area (Å²) in [7, 11) is 0. The minimum absolute atomic E-state index is 0.111. The second-order valence-corrected chi connectivity index (χ2v) is 7.58. The molecular formula is C22H24BrN3O2. The van der Waals surface area contributed by atoms with Gasteiger partial charge in [0, 0.05) is 28.3 Å². The summed E-state index contributed by atoms with van der Waals surface area (Å²) in [6.45, 7) is 7.18. The number of hydrogen-bond acceptors (Lipinski definition) is 3. The van der Waals surface area contributed by atoms with Gasteiger partial charge >= 0.3 is 0 Å². The number of rotatable bonds is 7. The number of carbonyl (C=O) groups is 1. The van der Waals surface area contributed by atoms with E-state index in [0.29, 0.717) is 12.2 Å². The van der Waals surface area contributed by atoms with E-state index >= 15 is 0 Å². The lowest BCUT2D eigenvalue weighted by atomic mass is 10.1. The predicted molar refractivity (Wildman–Crippen MR) is 113 cm³/mol. The molecule has 2 aromatic carbocycles. The maximum Gasteiger partial charge on any atom is 0.251 e. The summed E-state index contributed by atoms with van der Waals surface area (Å²) < 4.78 is 8.66. The molecule has 146 valence electrons. The summed E-state index contributed by atoms with van der Waals surface area (Å²) in [6.07, 6.45) is 1.99. The van der Waals surface area contributed by atoms with Gasteiger partial charge < -0.3 is 10.1 Å². The largest absolute Gasteiger partial charge is 0.489 e. The molecule has 0 bridgehead atoms. The number of aryl methyl sites for hydroxylation is 2. The first-order valence-corrected chi connectivity index (χ1v) is 10.1. The lowest BCUT2D eigenvalue weighted by molar-refractivity contribution is 0.0939. The molecule has 0 radical (unpaired) electrons. The van der Waals surface area contributed by atoms with Crippen molar-refractivity contribution in [1.29, 1.82) is 0 Å². The van der Waals surface area contributed by atoms with Crippen molar-refractivity contribution >= 4 is 21.8 Å². The van der Waals surface area contributed by atoms with Crippen molar-refractivity contribution in [3.05, 3.63) is 81.6 Å². The Morgan fingerprint density at radius 2 is 2.04 bits per heavy atom. The molecule has 3 rings (SSSR count). The van der Waals surface area contributed by atoms with Gasteiger partial charge in [-0.2, -0.15) is 5.10 Å². The fourth-order valence-corrected chi connectivity index (χ4v) is 3.38. The highest BCUT2D eigenvalue weighted by atomic mass is 79.9. The maximum atomic E-state index is 12.7. The number of nitrogens with zero attached hydrogens (tertiary/aromatic N) is 2. The lowest BCUT2D eigenvalue weighted by Gasteiger charge is -2.14. The van der Waals surface area contributed by atoms with Crippen LogP contribution in [0.5, 0.6) is 5.75 Å². The van der Waals surface area contributed by atoms with Crippen molar-refractivity contribution in [2.24, 2.45) is 0 Å². The van der Waals surface area contributed by atoms with Gasteiger partial charge in [-0.15, -0.1) is 0 Å². The minimum atomic E-state index is -0.116. The molecule has 1 amide bonds. The number of benzene rings is 2. The Balaban J connectivity index is 1.65. The van der Waals surface area contributed by atoms with Crippen molar-refractivity contribution in [2.75, 3.05) is 0 Å². The molecule has 5 nitrogen and oxygen atoms in total. The minimum Gasteiger partial charge on any atom is -0.489 e. The number of ether oxygens (including phenoxy) is 1. The van der Waals surface area contributed by atoms with Gasteiger partial charge in [0.05, 0.1) is 11.7 Å². The SMILES string of the molecule is CCn1cc(C(C)NC(=O)c2cccc(COc3cccc(Br)c3)c2)c(C)n1. The number of halogens is 1. The standard InChI is InChI=1S/C22H24BrN3O2/c1-4-26-13-21(16(3)25-26)15(2)24-22(27)18-8-5-7-17(11-18)14-28-20-10-6-9-19(23)12-20/h5-13,15H,4,14H2,1-3H3,(H,24,27). The molecule has 0 fully saturated rings. The monoisotopic (exact) mass is 441 g/mol. The maximum absolute atomic E-state index is 12.7. The van der Waals surface area contributed by atoms with Crippen LogP contribution in [0.15, 0.2) is 59.2 Å². The predicted octanol–water partition coefficient (Wildman–Crippen LogP) is 5.04. The molecule has 1 aromatic heterocycles. The van der Waals surface area contributed by atoms with Crippen LogP contribution in [0.25, 0.3) is 0 Å². The molecule has 0 spiro atoms. The van der Waals surface area contributed by atoms with Crippen LogP contribution in [0.4, 0.5) is 0 Å². The molecular weight excluding hydrogens is 418 g/mol. The third-order valence-electron chi connectivity index (χ3n) is 4.51. The summed E-state index contributed by atoms with van der Waals surface area (Å²) in [5.74, 6) is 0.668. The molecule has 0 saturated carbocycles. The van der Waals surface area contributed by atoms with E-state index < -0.39 is 0 Å². The Labute approximate surface area is 173 Å². The highest BCUT2D eigenvalue weighted by Gasteiger charge is 2.16. The highest BCUT2D eigenvalue weighted by molar-refractivity contribution is 9.10. The van der Waals surface area contributed by atoms with Gasteiger partial charge in [-0.3, -0.25) is 9.48 Å². The second kappa shape index (κ2) is 9.06. The molecule has 0 aliphatic carbocycles. The normalized spacial score (nSPS) is 11.9. The molecule has 0 aliphatic heterocycles. The molecule has 0 saturated heterocycles. The number of carbonyl (C=O) groups excluding carboxylic acids is 1. The van der Waals surface area contributed by atoms with Crippen LogP contribution in [0.1, 0.15) is 47.1 Å². The quantitative estimate of drug-likeness (QED) is 0.558. The van der Waals surface area contributed by atoms with Crippen LogP contribution in [0.3, 0.4) is 0 Å². The highest BCUT2D eigenvalue weighted by Crippen LogP contribution is 2.20. The van der Waals surface area contributed by atoms with Gasteiger partial charge in [0.15, 0.2) is 0 Å². The summed E-state index contributed by atoms with van der Waals surface area (Å²) in [5.41, 5.74) is 3.52. The van der Waals surface area contributed by atoms with Gasteiger partial charge in [0.25, 0.3) is 5.91 Å². The first-order chi connectivity index (χ1) is 13.5. The van der Waals surface area contributed by atoms with Gasteiger partial charge in [-0.25, -0.2) is 0 Å². The third kappa shape index (κ3) is 5.01. The smallest absolute Gasteiger partial charge is 0.251 e. The summed E-state index contributed by atoms with van der Waals surface area (Å²) in [5, 5.41) is 7.51. The lowest BCUT2D eigenvalue weighted by Crippen LogP contribution is -2.27. The zero-order chi connectivity index (χ0) is 20.1. The Morgan fingerprint density at radius 3 is 2.75 bits per heavy atom. The average Bonchev–Trinajstić information content (AvgIpc) is 3.07. The van der Waals surface area contributed by atoms with E-state index in [9.17, 15) is 4.79 Å². The third-order valence-corrected chi connectivity index (χ3v) is 5.01.